The minimum atomic E-state index is -5.00. The van der Waals surface area contributed by atoms with E-state index in [9.17, 15) is 119 Å². The number of primary amides is 1. The first kappa shape index (κ1) is 84.9. The van der Waals surface area contributed by atoms with Gasteiger partial charge < -0.3 is 45.8 Å². The van der Waals surface area contributed by atoms with Gasteiger partial charge in [-0.3, -0.25) is 22.5 Å². The van der Waals surface area contributed by atoms with Crippen molar-refractivity contribution in [1.82, 2.24) is 15.0 Å². The van der Waals surface area contributed by atoms with Crippen molar-refractivity contribution in [2.24, 2.45) is 5.73 Å². The molecule has 15 rings (SSSR count). The normalized spacial score (nSPS) is 16.6. The highest BCUT2D eigenvalue weighted by Gasteiger charge is 2.50. The molecule has 1 amide bonds. The van der Waals surface area contributed by atoms with E-state index in [2.05, 4.69) is 50.0 Å². The van der Waals surface area contributed by atoms with Crippen LogP contribution >= 0.6 is 0 Å². The number of hydrogen-bond donors (Lipinski definition) is 5. The molecule has 0 bridgehead atoms. The number of alkyl halides is 18. The van der Waals surface area contributed by atoms with Gasteiger partial charge in [0.2, 0.25) is 5.91 Å². The van der Waals surface area contributed by atoms with Gasteiger partial charge in [-0.15, -0.1) is 39.5 Å². The van der Waals surface area contributed by atoms with Crippen LogP contribution in [0.1, 0.15) is 108 Å². The monoisotopic (exact) mass is 1740 g/mol. The number of aliphatic carboxylic acids is 1. The Morgan fingerprint density at radius 1 is 0.403 bits per heavy atom. The lowest BCUT2D eigenvalue weighted by molar-refractivity contribution is -0.275. The number of nitrogens with zero attached hydrogens (tertiary/aromatic N) is 7. The summed E-state index contributed by atoms with van der Waals surface area (Å²) in [7, 11) is -13.5. The van der Waals surface area contributed by atoms with Crippen molar-refractivity contribution in [2.75, 3.05) is 28.9 Å². The van der Waals surface area contributed by atoms with Crippen LogP contribution in [0.15, 0.2) is 178 Å². The van der Waals surface area contributed by atoms with E-state index in [0.717, 1.165) is 116 Å². The van der Waals surface area contributed by atoms with Crippen LogP contribution in [0.25, 0.3) is 4.85 Å². The van der Waals surface area contributed by atoms with Crippen LogP contribution in [0, 0.1) is 6.57 Å². The Bertz CT molecular complexity index is 5650. The molecule has 6 aliphatic rings. The molecule has 0 spiro atoms. The van der Waals surface area contributed by atoms with E-state index in [4.69, 9.17) is 12.3 Å². The van der Waals surface area contributed by atoms with Crippen LogP contribution < -0.4 is 48.8 Å². The fourth-order valence-electron chi connectivity index (χ4n) is 14.0. The van der Waals surface area contributed by atoms with Crippen LogP contribution in [0.3, 0.4) is 0 Å². The number of sulfonamides is 3. The van der Waals surface area contributed by atoms with Crippen LogP contribution in [-0.4, -0.2) is 76.3 Å². The number of amides is 1. The molecular formula is C75H57F18N11O12S3. The summed E-state index contributed by atoms with van der Waals surface area (Å²) in [5, 5.41) is 18.2. The number of benzene rings is 6. The summed E-state index contributed by atoms with van der Waals surface area (Å²) >= 11 is 0. The van der Waals surface area contributed by atoms with Crippen molar-refractivity contribution in [3.63, 3.8) is 0 Å². The van der Waals surface area contributed by atoms with E-state index >= 15 is 0 Å². The van der Waals surface area contributed by atoms with Crippen LogP contribution in [0.5, 0.6) is 17.2 Å². The first-order valence-corrected chi connectivity index (χ1v) is 39.3. The number of ether oxygens (including phenoxy) is 3. The second kappa shape index (κ2) is 30.4. The largest absolute Gasteiger partial charge is 0.573 e. The van der Waals surface area contributed by atoms with E-state index in [1.807, 2.05) is 0 Å². The number of rotatable bonds is 14. The summed E-state index contributed by atoms with van der Waals surface area (Å²) in [6.07, 6.45) is -24.5. The Hall–Kier alpha value is -12.0. The number of pyridine rings is 3. The molecule has 3 aromatic heterocycles. The zero-order valence-electron chi connectivity index (χ0n) is 60.2. The summed E-state index contributed by atoms with van der Waals surface area (Å²) in [6.45, 7) is 6.26. The summed E-state index contributed by atoms with van der Waals surface area (Å²) in [5.41, 5.74) is 0.746. The molecule has 119 heavy (non-hydrogen) atoms. The SMILES string of the molecule is NC(=O)C1(c2ccc3c(c2)N(S(=O)(=O)c2ccc(OC(F)(F)F)cc2)Cc2ccc(C(F)(F)F)nc2N3)CCC1.O=C(O)C1(c2ccc3c(c2)N(S(=O)(=O)c2ccc(OC(F)(F)F)cc2)Cc2ccc(C(F)(F)F)nc2N3)CCC1.[C-]#[N+]C1(c2ccc3c(c2)N(S(=O)(=O)c2ccc(OC(F)(F)F)cc2)Cc2ccc(C(F)(F)F)nc2N3)CCC1. The Kier molecular flexibility index (Phi) is 21.7. The minimum Gasteiger partial charge on any atom is -0.481 e. The zero-order chi connectivity index (χ0) is 86.4. The number of carboxylic acids is 1. The number of anilines is 9. The molecule has 0 atom stereocenters. The summed E-state index contributed by atoms with van der Waals surface area (Å²) < 4.78 is 330. The van der Waals surface area contributed by atoms with Crippen molar-refractivity contribution in [3.8, 4) is 17.2 Å². The first-order valence-electron chi connectivity index (χ1n) is 35.0. The Morgan fingerprint density at radius 2 is 0.681 bits per heavy atom. The third-order valence-corrected chi connectivity index (χ3v) is 25.9. The Morgan fingerprint density at radius 3 is 0.916 bits per heavy atom. The van der Waals surface area contributed by atoms with E-state index in [1.165, 1.54) is 42.5 Å². The molecule has 6 N–H and O–H groups in total. The van der Waals surface area contributed by atoms with Gasteiger partial charge >= 0.3 is 43.6 Å². The van der Waals surface area contributed by atoms with Crippen LogP contribution in [0.4, 0.5) is 131 Å². The number of carboxylic acid groups (broad SMARTS) is 1. The molecule has 3 aliphatic heterocycles. The standard InChI is InChI=1S/C25H20F6N4O4S.C25H18F6N4O3S.C25H19F6N3O5S/c26-24(27,28)20-9-2-14-13-35(40(37,38)17-6-4-16(5-7-17)39-25(29,30)31)19-12-15(23(22(32)36)10-1-11-23)3-8-18(19)33-21(14)34-20;1-32-23(11-2-12-23)16-4-9-19-20(13-16)35(14-15-3-10-21(24(26,27)28)34-22(15)33-19)39(36,37)18-7-5-17(6-8-18)38-25(29,30)31;26-24(27,28)20-9-2-14-13-34(40(37,38)17-6-4-16(5-7-17)39-25(29,30)31)19-12-15(23(22(35)36)10-1-11-23)3-8-18(19)32-21(14)33-20/h2-9,12H,1,10-11,13H2,(H2,32,36)(H,33,34);3-10,13H,2,11-12,14H2,(H,33,34);2-9,12H,1,10-11,13H2,(H,32,33)(H,35,36). The van der Waals surface area contributed by atoms with Crippen molar-refractivity contribution in [1.29, 1.82) is 0 Å². The molecule has 0 unspecified atom stereocenters. The highest BCUT2D eigenvalue weighted by molar-refractivity contribution is 7.93. The van der Waals surface area contributed by atoms with Gasteiger partial charge in [0, 0.05) is 35.1 Å². The number of halogens is 18. The van der Waals surface area contributed by atoms with E-state index < -0.39 is 160 Å². The number of hydrogen-bond acceptors (Lipinski definition) is 17. The van der Waals surface area contributed by atoms with E-state index in [-0.39, 0.29) is 73.2 Å². The van der Waals surface area contributed by atoms with Crippen molar-refractivity contribution < 1.29 is 133 Å². The fraction of sp³-hybridized carbons (Fsp3) is 0.280. The van der Waals surface area contributed by atoms with Crippen molar-refractivity contribution in [3.05, 3.63) is 226 Å². The maximum absolute atomic E-state index is 13.9. The van der Waals surface area contributed by atoms with Gasteiger partial charge in [0.05, 0.1) is 79.3 Å². The molecular weight excluding hydrogens is 1690 g/mol. The Labute approximate surface area is 662 Å². The highest BCUT2D eigenvalue weighted by atomic mass is 32.2. The second-order valence-corrected chi connectivity index (χ2v) is 33.4. The van der Waals surface area contributed by atoms with Gasteiger partial charge in [0.25, 0.3) is 35.6 Å². The Balaban J connectivity index is 0.000000155. The molecule has 44 heteroatoms. The number of carbonyl (C=O) groups is 2. The van der Waals surface area contributed by atoms with Gasteiger partial charge in [0.1, 0.15) is 51.8 Å². The lowest BCUT2D eigenvalue weighted by Crippen LogP contribution is -2.46. The molecule has 23 nitrogen and oxygen atoms in total. The lowest BCUT2D eigenvalue weighted by Gasteiger charge is -2.40. The van der Waals surface area contributed by atoms with Crippen LogP contribution in [-0.2, 0) is 94.2 Å². The van der Waals surface area contributed by atoms with Gasteiger partial charge in [-0.25, -0.2) is 46.8 Å². The summed E-state index contributed by atoms with van der Waals surface area (Å²) in [5.74, 6) is -4.32. The number of aromatic nitrogens is 3. The molecule has 0 saturated heterocycles. The predicted molar refractivity (Wildman–Crippen MR) is 386 cm³/mol. The van der Waals surface area contributed by atoms with Gasteiger partial charge in [-0.1, -0.05) is 43.2 Å². The smallest absolute Gasteiger partial charge is 0.481 e. The van der Waals surface area contributed by atoms with Gasteiger partial charge in [-0.2, -0.15) is 39.5 Å². The van der Waals surface area contributed by atoms with Gasteiger partial charge in [0.15, 0.2) is 0 Å². The number of carbonyl (C=O) groups excluding carboxylic acids is 1. The maximum Gasteiger partial charge on any atom is 0.573 e. The number of nitrogens with one attached hydrogen (secondary N) is 3. The van der Waals surface area contributed by atoms with E-state index in [0.29, 0.717) is 80.2 Å². The molecule has 6 aromatic carbocycles. The quantitative estimate of drug-likeness (QED) is 0.0499. The number of fused-ring (bicyclic) bond motifs is 6. The van der Waals surface area contributed by atoms with Crippen molar-refractivity contribution >= 4 is 93.5 Å². The maximum atomic E-state index is 13.9. The first-order chi connectivity index (χ1) is 55.4. The lowest BCUT2D eigenvalue weighted by atomic mass is 9.64. The molecule has 6 heterocycles. The second-order valence-electron chi connectivity index (χ2n) is 27.8. The minimum absolute atomic E-state index is 0.00722. The molecule has 9 aromatic rings. The average Bonchev–Trinajstić information content (AvgIpc) is 1.72. The average molecular weight is 1740 g/mol. The van der Waals surface area contributed by atoms with E-state index in [1.54, 1.807) is 12.1 Å². The fourth-order valence-corrected chi connectivity index (χ4v) is 18.3. The molecule has 3 saturated carbocycles. The molecule has 3 aliphatic carbocycles. The summed E-state index contributed by atoms with van der Waals surface area (Å²) in [6, 6.07) is 29.1. The molecule has 3 fully saturated rings. The summed E-state index contributed by atoms with van der Waals surface area (Å²) in [4.78, 5) is 38.0. The predicted octanol–water partition coefficient (Wildman–Crippen LogP) is 18.1. The number of nitrogens with two attached hydrogens (primary N) is 1. The van der Waals surface area contributed by atoms with Crippen LogP contribution in [0.2, 0.25) is 0 Å². The highest BCUT2D eigenvalue weighted by Crippen LogP contribution is 2.53. The third-order valence-electron chi connectivity index (χ3n) is 20.6. The van der Waals surface area contributed by atoms with Gasteiger partial charge in [-0.05, 0) is 177 Å². The van der Waals surface area contributed by atoms with Crippen molar-refractivity contribution in [2.45, 2.75) is 146 Å². The molecule has 628 valence electrons. The zero-order valence-corrected chi connectivity index (χ0v) is 62.7. The third kappa shape index (κ3) is 17.2. The molecule has 0 radical (unpaired) electrons. The topological polar surface area (TPSA) is 299 Å².